The van der Waals surface area contributed by atoms with Crippen LogP contribution in [-0.2, 0) is 4.79 Å². The average molecular weight is 653 g/mol. The summed E-state index contributed by atoms with van der Waals surface area (Å²) in [5, 5.41) is 9.43. The Morgan fingerprint density at radius 3 is 2.38 bits per heavy atom. The van der Waals surface area contributed by atoms with Crippen molar-refractivity contribution in [1.29, 1.82) is 5.26 Å². The molecule has 1 amide bonds. The van der Waals surface area contributed by atoms with Gasteiger partial charge in [-0.15, -0.1) is 0 Å². The number of aromatic nitrogens is 3. The number of fused-ring (bicyclic) bond motifs is 1. The Balaban J connectivity index is 1.93. The van der Waals surface area contributed by atoms with Crippen molar-refractivity contribution < 1.29 is 13.6 Å². The fraction of sp³-hybridized carbons (Fsp3) is 0.281. The highest BCUT2D eigenvalue weighted by Gasteiger charge is 2.31. The molecule has 232 valence electrons. The molecule has 4 heterocycles. The number of carbonyl (C=O) groups is 1. The lowest BCUT2D eigenvalue weighted by atomic mass is 9.99. The molecule has 1 aliphatic heterocycles. The number of nitrogens with two attached hydrogens (primary N) is 1. The number of hydrogen-bond acceptors (Lipinski definition) is 7. The molecule has 1 fully saturated rings. The van der Waals surface area contributed by atoms with Gasteiger partial charge >= 0.3 is 0 Å². The first-order valence-corrected chi connectivity index (χ1v) is 14.8. The highest BCUT2D eigenvalue weighted by Crippen LogP contribution is 2.43. The zero-order valence-corrected chi connectivity index (χ0v) is 26.5. The number of nitrogen functional groups attached to an aromatic ring is 1. The van der Waals surface area contributed by atoms with Gasteiger partial charge in [0.1, 0.15) is 27.3 Å². The summed E-state index contributed by atoms with van der Waals surface area (Å²) in [5.74, 6) is -2.70. The van der Waals surface area contributed by atoms with Crippen LogP contribution < -0.4 is 16.2 Å². The fourth-order valence-electron chi connectivity index (χ4n) is 5.73. The van der Waals surface area contributed by atoms with Crippen molar-refractivity contribution in [2.45, 2.75) is 33.6 Å². The number of rotatable bonds is 5. The first-order valence-electron chi connectivity index (χ1n) is 14.1. The van der Waals surface area contributed by atoms with Crippen LogP contribution in [-0.4, -0.2) is 51.5 Å². The Kier molecular flexibility index (Phi) is 8.58. The Morgan fingerprint density at radius 2 is 1.78 bits per heavy atom. The van der Waals surface area contributed by atoms with E-state index in [9.17, 15) is 19.2 Å². The Morgan fingerprint density at radius 1 is 1.11 bits per heavy atom. The molecule has 0 atom stereocenters. The van der Waals surface area contributed by atoms with Gasteiger partial charge in [-0.2, -0.15) is 5.26 Å². The molecule has 1 aliphatic rings. The number of carbonyl (C=O) groups excluding carboxylic acids is 1. The first-order chi connectivity index (χ1) is 21.3. The van der Waals surface area contributed by atoms with Gasteiger partial charge in [0.25, 0.3) is 5.56 Å². The number of amides is 1. The van der Waals surface area contributed by atoms with E-state index in [0.717, 1.165) is 0 Å². The van der Waals surface area contributed by atoms with Gasteiger partial charge in [-0.1, -0.05) is 43.6 Å². The van der Waals surface area contributed by atoms with E-state index in [4.69, 9.17) is 33.9 Å². The quantitative estimate of drug-likeness (QED) is 0.120. The van der Waals surface area contributed by atoms with Gasteiger partial charge in [0, 0.05) is 37.8 Å². The lowest BCUT2D eigenvalue weighted by Crippen LogP contribution is -2.49. The Hall–Kier alpha value is -4.53. The van der Waals surface area contributed by atoms with Gasteiger partial charge in [0.15, 0.2) is 11.6 Å². The second kappa shape index (κ2) is 12.1. The maximum atomic E-state index is 15.6. The summed E-state index contributed by atoms with van der Waals surface area (Å²) in [6.07, 6.45) is 2.87. The van der Waals surface area contributed by atoms with E-state index < -0.39 is 32.9 Å². The maximum absolute atomic E-state index is 15.6. The fourth-order valence-corrected chi connectivity index (χ4v) is 6.15. The number of aryl methyl sites for hydroxylation is 2. The van der Waals surface area contributed by atoms with Gasteiger partial charge in [0.2, 0.25) is 5.91 Å². The third kappa shape index (κ3) is 5.18. The summed E-state index contributed by atoms with van der Waals surface area (Å²) in [6.45, 7) is 12.2. The molecular weight excluding hydrogens is 623 g/mol. The predicted octanol–water partition coefficient (Wildman–Crippen LogP) is 6.06. The average Bonchev–Trinajstić information content (AvgIpc) is 3.02. The van der Waals surface area contributed by atoms with Crippen LogP contribution in [0.4, 0.5) is 20.2 Å². The molecule has 3 aromatic heterocycles. The molecule has 13 heteroatoms. The van der Waals surface area contributed by atoms with E-state index in [1.165, 1.54) is 10.6 Å². The highest BCUT2D eigenvalue weighted by molar-refractivity contribution is 6.37. The summed E-state index contributed by atoms with van der Waals surface area (Å²) in [4.78, 5) is 39.5. The second-order valence-corrected chi connectivity index (χ2v) is 11.8. The zero-order valence-electron chi connectivity index (χ0n) is 25.0. The van der Waals surface area contributed by atoms with Crippen LogP contribution in [0.2, 0.25) is 10.0 Å². The van der Waals surface area contributed by atoms with Crippen LogP contribution >= 0.6 is 23.2 Å². The molecule has 0 bridgehead atoms. The van der Waals surface area contributed by atoms with E-state index in [1.54, 1.807) is 30.2 Å². The normalized spacial score (nSPS) is 13.4. The highest BCUT2D eigenvalue weighted by atomic mass is 35.5. The van der Waals surface area contributed by atoms with Crippen molar-refractivity contribution in [3.63, 3.8) is 0 Å². The number of anilines is 2. The standard InChI is InChI=1S/C32H29Cl2F2N7O2/c1-6-20(44)41-9-11-42(12-10-41)30-18-13-17(5)28(21-24(35)22(33)25(36)23(34)26(21)38)40-31(18)43(32(45)19(30)14-37)29-16(4)7-8-39-27(29)15(2)3/h6-8,13,15H,1,9-12,38H2,2-5H3. The van der Waals surface area contributed by atoms with Crippen LogP contribution in [0.3, 0.4) is 0 Å². The number of benzene rings is 1. The second-order valence-electron chi connectivity index (χ2n) is 11.1. The third-order valence-electron chi connectivity index (χ3n) is 7.97. The molecule has 45 heavy (non-hydrogen) atoms. The lowest BCUT2D eigenvalue weighted by molar-refractivity contribution is -0.126. The van der Waals surface area contributed by atoms with Crippen molar-refractivity contribution in [1.82, 2.24) is 19.4 Å². The molecule has 1 aromatic carbocycles. The molecule has 0 spiro atoms. The first kappa shape index (κ1) is 31.9. The summed E-state index contributed by atoms with van der Waals surface area (Å²) < 4.78 is 31.4. The third-order valence-corrected chi connectivity index (χ3v) is 8.67. The van der Waals surface area contributed by atoms with Crippen LogP contribution in [0.15, 0.2) is 35.8 Å². The molecule has 4 aromatic rings. The zero-order chi connectivity index (χ0) is 32.9. The van der Waals surface area contributed by atoms with E-state index in [2.05, 4.69) is 17.6 Å². The topological polar surface area (TPSA) is 121 Å². The van der Waals surface area contributed by atoms with E-state index in [0.29, 0.717) is 59.8 Å². The summed E-state index contributed by atoms with van der Waals surface area (Å²) >= 11 is 12.1. The van der Waals surface area contributed by atoms with Crippen LogP contribution in [0.5, 0.6) is 0 Å². The number of nitriles is 1. The number of hydrogen-bond donors (Lipinski definition) is 1. The molecule has 5 rings (SSSR count). The van der Waals surface area contributed by atoms with E-state index >= 15 is 4.39 Å². The minimum absolute atomic E-state index is 0.0147. The largest absolute Gasteiger partial charge is 0.397 e. The Bertz CT molecular complexity index is 1980. The van der Waals surface area contributed by atoms with Crippen LogP contribution in [0, 0.1) is 36.8 Å². The maximum Gasteiger partial charge on any atom is 0.276 e. The number of piperazine rings is 1. The molecule has 9 nitrogen and oxygen atoms in total. The number of pyridine rings is 3. The monoisotopic (exact) mass is 651 g/mol. The minimum Gasteiger partial charge on any atom is -0.397 e. The number of halogens is 4. The van der Waals surface area contributed by atoms with E-state index in [-0.39, 0.29) is 34.3 Å². The van der Waals surface area contributed by atoms with Gasteiger partial charge in [-0.3, -0.25) is 19.1 Å². The molecule has 2 N–H and O–H groups in total. The molecule has 0 radical (unpaired) electrons. The summed E-state index contributed by atoms with van der Waals surface area (Å²) in [6, 6.07) is 5.52. The smallest absolute Gasteiger partial charge is 0.276 e. The van der Waals surface area contributed by atoms with E-state index in [1.807, 2.05) is 25.7 Å². The minimum atomic E-state index is -1.20. The molecule has 0 aliphatic carbocycles. The van der Waals surface area contributed by atoms with Crippen molar-refractivity contribution in [2.75, 3.05) is 36.8 Å². The van der Waals surface area contributed by atoms with Crippen molar-refractivity contribution in [3.8, 4) is 23.0 Å². The summed E-state index contributed by atoms with van der Waals surface area (Å²) in [7, 11) is 0. The van der Waals surface area contributed by atoms with Gasteiger partial charge in [-0.25, -0.2) is 13.8 Å². The van der Waals surface area contributed by atoms with Crippen LogP contribution in [0.1, 0.15) is 42.1 Å². The lowest BCUT2D eigenvalue weighted by Gasteiger charge is -2.36. The molecule has 0 unspecified atom stereocenters. The van der Waals surface area contributed by atoms with Crippen molar-refractivity contribution >= 4 is 51.5 Å². The SMILES string of the molecule is C=CC(=O)N1CCN(c2c(C#N)c(=O)n(-c3c(C)ccnc3C(C)C)c3nc(-c4c(N)c(Cl)c(F)c(Cl)c4F)c(C)cc23)CC1. The molecule has 1 saturated heterocycles. The summed E-state index contributed by atoms with van der Waals surface area (Å²) in [5.41, 5.74) is 7.11. The van der Waals surface area contributed by atoms with Crippen LogP contribution in [0.25, 0.3) is 28.0 Å². The van der Waals surface area contributed by atoms with Gasteiger partial charge in [-0.05, 0) is 49.1 Å². The predicted molar refractivity (Wildman–Crippen MR) is 172 cm³/mol. The Labute approximate surface area is 268 Å². The van der Waals surface area contributed by atoms with Gasteiger partial charge < -0.3 is 15.5 Å². The molecular formula is C32H29Cl2F2N7O2. The van der Waals surface area contributed by atoms with Gasteiger partial charge in [0.05, 0.1) is 34.0 Å². The van der Waals surface area contributed by atoms with Crippen molar-refractivity contribution in [2.24, 2.45) is 0 Å². The van der Waals surface area contributed by atoms with Crippen molar-refractivity contribution in [3.05, 3.63) is 85.4 Å². The number of nitrogens with zero attached hydrogens (tertiary/aromatic N) is 6. The molecule has 0 saturated carbocycles.